The average Bonchev–Trinajstić information content (AvgIpc) is 2.12. The first kappa shape index (κ1) is 13.1. The molecule has 0 atom stereocenters. The van der Waals surface area contributed by atoms with Gasteiger partial charge >= 0.3 is 6.18 Å². The molecule has 7 heteroatoms. The standard InChI is InChI=1S/C9H5Cl2F3O2/c10-3-7(16)5-1-4(15)2-6(11)8(5)9(12,13)14/h1-2,15H,3H2. The zero-order valence-corrected chi connectivity index (χ0v) is 9.12. The van der Waals surface area contributed by atoms with Gasteiger partial charge in [0.1, 0.15) is 5.75 Å². The van der Waals surface area contributed by atoms with Gasteiger partial charge in [-0.25, -0.2) is 0 Å². The quantitative estimate of drug-likeness (QED) is 0.661. The van der Waals surface area contributed by atoms with Gasteiger partial charge in [-0.2, -0.15) is 13.2 Å². The second kappa shape index (κ2) is 4.51. The highest BCUT2D eigenvalue weighted by molar-refractivity contribution is 6.34. The van der Waals surface area contributed by atoms with Crippen LogP contribution in [0.1, 0.15) is 15.9 Å². The minimum atomic E-state index is -4.78. The molecule has 0 radical (unpaired) electrons. The highest BCUT2D eigenvalue weighted by Crippen LogP contribution is 2.39. The van der Waals surface area contributed by atoms with Crippen molar-refractivity contribution in [1.82, 2.24) is 0 Å². The fourth-order valence-electron chi connectivity index (χ4n) is 1.17. The smallest absolute Gasteiger partial charge is 0.418 e. The van der Waals surface area contributed by atoms with Crippen molar-refractivity contribution in [2.24, 2.45) is 0 Å². The molecule has 0 spiro atoms. The summed E-state index contributed by atoms with van der Waals surface area (Å²) in [4.78, 5) is 11.2. The molecule has 2 nitrogen and oxygen atoms in total. The predicted octanol–water partition coefficient (Wildman–Crippen LogP) is 3.49. The van der Waals surface area contributed by atoms with Crippen molar-refractivity contribution in [2.45, 2.75) is 6.18 Å². The summed E-state index contributed by atoms with van der Waals surface area (Å²) in [6.45, 7) is 0. The van der Waals surface area contributed by atoms with Crippen molar-refractivity contribution in [3.05, 3.63) is 28.3 Å². The third-order valence-electron chi connectivity index (χ3n) is 1.78. The molecule has 0 aliphatic rings. The molecule has 88 valence electrons. The van der Waals surface area contributed by atoms with Crippen LogP contribution in [-0.4, -0.2) is 16.8 Å². The van der Waals surface area contributed by atoms with Gasteiger partial charge in [0.05, 0.1) is 16.5 Å². The summed E-state index contributed by atoms with van der Waals surface area (Å²) in [5.41, 5.74) is -2.01. The second-order valence-corrected chi connectivity index (χ2v) is 3.58. The van der Waals surface area contributed by atoms with Crippen LogP contribution in [0.5, 0.6) is 5.75 Å². The van der Waals surface area contributed by atoms with Crippen LogP contribution in [0, 0.1) is 0 Å². The Hall–Kier alpha value is -0.940. The topological polar surface area (TPSA) is 37.3 Å². The third-order valence-corrected chi connectivity index (χ3v) is 2.32. The molecule has 0 bridgehead atoms. The number of rotatable bonds is 2. The Kier molecular flexibility index (Phi) is 3.70. The van der Waals surface area contributed by atoms with Gasteiger partial charge in [0.2, 0.25) is 0 Å². The molecule has 0 heterocycles. The van der Waals surface area contributed by atoms with Crippen LogP contribution >= 0.6 is 23.2 Å². The molecule has 0 fully saturated rings. The van der Waals surface area contributed by atoms with Gasteiger partial charge in [-0.15, -0.1) is 11.6 Å². The molecule has 16 heavy (non-hydrogen) atoms. The van der Waals surface area contributed by atoms with E-state index in [1.807, 2.05) is 0 Å². The lowest BCUT2D eigenvalue weighted by Crippen LogP contribution is -2.14. The van der Waals surface area contributed by atoms with Crippen molar-refractivity contribution in [2.75, 3.05) is 5.88 Å². The van der Waals surface area contributed by atoms with Crippen LogP contribution in [0.15, 0.2) is 12.1 Å². The average molecular weight is 273 g/mol. The minimum absolute atomic E-state index is 0.522. The van der Waals surface area contributed by atoms with Gasteiger partial charge in [0.15, 0.2) is 5.78 Å². The summed E-state index contributed by atoms with van der Waals surface area (Å²) in [5.74, 6) is -2.10. The maximum atomic E-state index is 12.6. The summed E-state index contributed by atoms with van der Waals surface area (Å²) >= 11 is 10.5. The van der Waals surface area contributed by atoms with Crippen LogP contribution in [0.3, 0.4) is 0 Å². The van der Waals surface area contributed by atoms with Crippen LogP contribution in [0.4, 0.5) is 13.2 Å². The fourth-order valence-corrected chi connectivity index (χ4v) is 1.64. The maximum Gasteiger partial charge on any atom is 0.418 e. The normalized spacial score (nSPS) is 11.6. The molecule has 0 saturated carbocycles. The number of phenolic OH excluding ortho intramolecular Hbond substituents is 1. The molecule has 0 amide bonds. The Balaban J connectivity index is 3.51. The summed E-state index contributed by atoms with van der Waals surface area (Å²) in [6.07, 6.45) is -4.78. The van der Waals surface area contributed by atoms with E-state index in [1.54, 1.807) is 0 Å². The molecular formula is C9H5Cl2F3O2. The van der Waals surface area contributed by atoms with Gasteiger partial charge in [0, 0.05) is 5.56 Å². The van der Waals surface area contributed by atoms with Gasteiger partial charge in [-0.05, 0) is 12.1 Å². The molecule has 1 rings (SSSR count). The fraction of sp³-hybridized carbons (Fsp3) is 0.222. The van der Waals surface area contributed by atoms with E-state index in [0.29, 0.717) is 6.07 Å². The van der Waals surface area contributed by atoms with Crippen molar-refractivity contribution >= 4 is 29.0 Å². The molecular weight excluding hydrogens is 268 g/mol. The maximum absolute atomic E-state index is 12.6. The third kappa shape index (κ3) is 2.59. The number of carbonyl (C=O) groups is 1. The Labute approximate surface area is 98.6 Å². The summed E-state index contributed by atoms with van der Waals surface area (Å²) < 4.78 is 37.7. The molecule has 0 aromatic heterocycles. The van der Waals surface area contributed by atoms with E-state index in [2.05, 4.69) is 0 Å². The molecule has 0 unspecified atom stereocenters. The summed E-state index contributed by atoms with van der Waals surface area (Å²) in [6, 6.07) is 1.41. The van der Waals surface area contributed by atoms with Gasteiger partial charge in [-0.3, -0.25) is 4.79 Å². The molecule has 1 aromatic carbocycles. The molecule has 0 aliphatic carbocycles. The molecule has 1 N–H and O–H groups in total. The van der Waals surface area contributed by atoms with Gasteiger partial charge in [0.25, 0.3) is 0 Å². The Morgan fingerprint density at radius 3 is 2.38 bits per heavy atom. The van der Waals surface area contributed by atoms with E-state index < -0.39 is 39.7 Å². The number of carbonyl (C=O) groups excluding carboxylic acids is 1. The lowest BCUT2D eigenvalue weighted by molar-refractivity contribution is -0.137. The highest BCUT2D eigenvalue weighted by atomic mass is 35.5. The van der Waals surface area contributed by atoms with E-state index in [1.165, 1.54) is 0 Å². The van der Waals surface area contributed by atoms with Crippen molar-refractivity contribution in [3.8, 4) is 5.75 Å². The second-order valence-electron chi connectivity index (χ2n) is 2.90. The van der Waals surface area contributed by atoms with Crippen LogP contribution < -0.4 is 0 Å². The van der Waals surface area contributed by atoms with Crippen LogP contribution in [-0.2, 0) is 6.18 Å². The van der Waals surface area contributed by atoms with E-state index in [0.717, 1.165) is 6.07 Å². The number of halogens is 5. The lowest BCUT2D eigenvalue weighted by atomic mass is 10.0. The van der Waals surface area contributed by atoms with Gasteiger partial charge in [-0.1, -0.05) is 11.6 Å². The Morgan fingerprint density at radius 2 is 1.94 bits per heavy atom. The van der Waals surface area contributed by atoms with Gasteiger partial charge < -0.3 is 5.11 Å². The lowest BCUT2D eigenvalue weighted by Gasteiger charge is -2.13. The zero-order valence-electron chi connectivity index (χ0n) is 7.61. The summed E-state index contributed by atoms with van der Waals surface area (Å²) in [7, 11) is 0. The zero-order chi connectivity index (χ0) is 12.5. The monoisotopic (exact) mass is 272 g/mol. The van der Waals surface area contributed by atoms with Crippen LogP contribution in [0.2, 0.25) is 5.02 Å². The Bertz CT molecular complexity index is 429. The first-order valence-electron chi connectivity index (χ1n) is 3.96. The summed E-state index contributed by atoms with van der Waals surface area (Å²) in [5, 5.41) is 8.35. The largest absolute Gasteiger partial charge is 0.508 e. The Morgan fingerprint density at radius 1 is 1.38 bits per heavy atom. The van der Waals surface area contributed by atoms with Crippen molar-refractivity contribution in [1.29, 1.82) is 0 Å². The SMILES string of the molecule is O=C(CCl)c1cc(O)cc(Cl)c1C(F)(F)F. The minimum Gasteiger partial charge on any atom is -0.508 e. The van der Waals surface area contributed by atoms with Crippen molar-refractivity contribution < 1.29 is 23.1 Å². The molecule has 0 saturated heterocycles. The number of alkyl halides is 4. The predicted molar refractivity (Wildman–Crippen MR) is 53.2 cm³/mol. The van der Waals surface area contributed by atoms with Crippen LogP contribution in [0.25, 0.3) is 0 Å². The first-order chi connectivity index (χ1) is 7.27. The number of Topliss-reactive ketones (excluding diaryl/α,β-unsaturated/α-hetero) is 1. The number of benzene rings is 1. The first-order valence-corrected chi connectivity index (χ1v) is 4.87. The number of aromatic hydroxyl groups is 1. The highest BCUT2D eigenvalue weighted by Gasteiger charge is 2.37. The number of hydrogen-bond acceptors (Lipinski definition) is 2. The van der Waals surface area contributed by atoms with E-state index >= 15 is 0 Å². The number of phenols is 1. The van der Waals surface area contributed by atoms with E-state index in [-0.39, 0.29) is 0 Å². The van der Waals surface area contributed by atoms with E-state index in [9.17, 15) is 18.0 Å². The van der Waals surface area contributed by atoms with Crippen molar-refractivity contribution in [3.63, 3.8) is 0 Å². The number of ketones is 1. The van der Waals surface area contributed by atoms with E-state index in [4.69, 9.17) is 28.3 Å². The molecule has 0 aliphatic heterocycles. The number of hydrogen-bond donors (Lipinski definition) is 1. The molecule has 1 aromatic rings.